The number of hydrogen-bond acceptors (Lipinski definition) is 5. The minimum atomic E-state index is -0.472. The molecular weight excluding hydrogens is 511 g/mol. The van der Waals surface area contributed by atoms with Crippen LogP contribution in [0.4, 0.5) is 0 Å². The molecule has 2 aromatic carbocycles. The molecule has 1 aromatic heterocycles. The number of halogens is 1. The zero-order chi connectivity index (χ0) is 22.2. The number of hydrogen-bond donors (Lipinski definition) is 2. The first-order valence-electron chi connectivity index (χ1n) is 9.33. The van der Waals surface area contributed by atoms with Gasteiger partial charge in [0.05, 0.1) is 14.2 Å². The van der Waals surface area contributed by atoms with E-state index in [1.54, 1.807) is 49.6 Å². The van der Waals surface area contributed by atoms with Gasteiger partial charge in [-0.25, -0.2) is 0 Å². The Hall–Kier alpha value is -3.27. The smallest absolute Gasteiger partial charge is 0.268 e. The lowest BCUT2D eigenvalue weighted by atomic mass is 10.1. The number of carbonyl (C=O) groups excluding carboxylic acids is 2. The minimum absolute atomic E-state index is 0.0569. The molecule has 0 saturated carbocycles. The molecule has 0 unspecified atom stereocenters. The van der Waals surface area contributed by atoms with Crippen LogP contribution in [0.5, 0.6) is 11.5 Å². The topological polar surface area (TPSA) is 89.8 Å². The molecule has 1 heterocycles. The summed E-state index contributed by atoms with van der Waals surface area (Å²) in [5, 5.41) is 5.48. The number of benzene rings is 2. The van der Waals surface area contributed by atoms with Crippen molar-refractivity contribution in [3.63, 3.8) is 0 Å². The lowest BCUT2D eigenvalue weighted by Crippen LogP contribution is -2.34. The fourth-order valence-corrected chi connectivity index (χ4v) is 3.29. The van der Waals surface area contributed by atoms with Crippen molar-refractivity contribution in [3.05, 3.63) is 87.0 Å². The van der Waals surface area contributed by atoms with Crippen LogP contribution >= 0.6 is 22.6 Å². The highest BCUT2D eigenvalue weighted by molar-refractivity contribution is 14.1. The number of nitrogens with one attached hydrogen (secondary N) is 2. The van der Waals surface area contributed by atoms with E-state index in [2.05, 4.69) is 10.6 Å². The Morgan fingerprint density at radius 2 is 1.77 bits per heavy atom. The molecule has 2 N–H and O–H groups in total. The molecule has 8 heteroatoms. The molecule has 0 saturated heterocycles. The van der Waals surface area contributed by atoms with Gasteiger partial charge in [0.2, 0.25) is 0 Å². The summed E-state index contributed by atoms with van der Waals surface area (Å²) < 4.78 is 16.9. The molecule has 0 aliphatic heterocycles. The van der Waals surface area contributed by atoms with Crippen molar-refractivity contribution in [2.45, 2.75) is 6.54 Å². The standard InChI is InChI=1S/C23H21IN2O5/c1-29-19-10-6-9-16(21(19)30-2)14-25-23(28)18(13-17-11-12-20(24)31-17)26-22(27)15-7-4-3-5-8-15/h3-13H,14H2,1-2H3,(H,25,28)(H,26,27)/b18-13+. The van der Waals surface area contributed by atoms with E-state index < -0.39 is 11.8 Å². The van der Waals surface area contributed by atoms with Gasteiger partial charge in [0.25, 0.3) is 11.8 Å². The van der Waals surface area contributed by atoms with Gasteiger partial charge in [-0.2, -0.15) is 0 Å². The summed E-state index contributed by atoms with van der Waals surface area (Å²) in [6.45, 7) is 0.174. The molecule has 0 aliphatic rings. The van der Waals surface area contributed by atoms with E-state index in [9.17, 15) is 9.59 Å². The van der Waals surface area contributed by atoms with Crippen LogP contribution in [0.1, 0.15) is 21.7 Å². The van der Waals surface area contributed by atoms with Crippen LogP contribution in [0.15, 0.2) is 70.8 Å². The molecule has 2 amide bonds. The second-order valence-electron chi connectivity index (χ2n) is 6.36. The summed E-state index contributed by atoms with van der Waals surface area (Å²) in [6.07, 6.45) is 1.49. The Labute approximate surface area is 193 Å². The normalized spacial score (nSPS) is 11.0. The first kappa shape index (κ1) is 22.4. The van der Waals surface area contributed by atoms with Crippen LogP contribution < -0.4 is 20.1 Å². The number of furan rings is 1. The van der Waals surface area contributed by atoms with Crippen molar-refractivity contribution >= 4 is 40.5 Å². The van der Waals surface area contributed by atoms with Crippen molar-refractivity contribution < 1.29 is 23.5 Å². The van der Waals surface area contributed by atoms with Crippen molar-refractivity contribution in [2.24, 2.45) is 0 Å². The molecule has 0 spiro atoms. The maximum absolute atomic E-state index is 12.9. The second-order valence-corrected chi connectivity index (χ2v) is 7.42. The molecule has 3 rings (SSSR count). The largest absolute Gasteiger partial charge is 0.493 e. The fourth-order valence-electron chi connectivity index (χ4n) is 2.85. The van der Waals surface area contributed by atoms with Crippen molar-refractivity contribution in [1.29, 1.82) is 0 Å². The molecule has 7 nitrogen and oxygen atoms in total. The van der Waals surface area contributed by atoms with E-state index in [0.717, 1.165) is 5.56 Å². The van der Waals surface area contributed by atoms with Gasteiger partial charge < -0.3 is 24.5 Å². The molecule has 0 radical (unpaired) electrons. The predicted molar refractivity (Wildman–Crippen MR) is 125 cm³/mol. The summed E-state index contributed by atoms with van der Waals surface area (Å²) >= 11 is 2.03. The number of rotatable bonds is 8. The molecule has 0 bridgehead atoms. The first-order valence-corrected chi connectivity index (χ1v) is 10.4. The Morgan fingerprint density at radius 1 is 1.00 bits per heavy atom. The van der Waals surface area contributed by atoms with Crippen molar-refractivity contribution in [3.8, 4) is 11.5 Å². The van der Waals surface area contributed by atoms with Gasteiger partial charge >= 0.3 is 0 Å². The molecule has 160 valence electrons. The van der Waals surface area contributed by atoms with Gasteiger partial charge in [0.1, 0.15) is 11.5 Å². The summed E-state index contributed by atoms with van der Waals surface area (Å²) in [5.41, 5.74) is 1.22. The number of ether oxygens (including phenoxy) is 2. The van der Waals surface area contributed by atoms with Gasteiger partial charge in [-0.3, -0.25) is 9.59 Å². The lowest BCUT2D eigenvalue weighted by Gasteiger charge is -2.14. The van der Waals surface area contributed by atoms with Gasteiger partial charge in [0, 0.05) is 23.7 Å². The number of amides is 2. The zero-order valence-electron chi connectivity index (χ0n) is 17.0. The summed E-state index contributed by atoms with van der Waals surface area (Å²) in [7, 11) is 3.08. The zero-order valence-corrected chi connectivity index (χ0v) is 19.1. The van der Waals surface area contributed by atoms with E-state index >= 15 is 0 Å². The van der Waals surface area contributed by atoms with Gasteiger partial charge in [-0.05, 0) is 52.9 Å². The number of methoxy groups -OCH3 is 2. The van der Waals surface area contributed by atoms with Crippen molar-refractivity contribution in [1.82, 2.24) is 10.6 Å². The van der Waals surface area contributed by atoms with Crippen molar-refractivity contribution in [2.75, 3.05) is 14.2 Å². The first-order chi connectivity index (χ1) is 15.0. The van der Waals surface area contributed by atoms with E-state index in [4.69, 9.17) is 13.9 Å². The highest BCUT2D eigenvalue weighted by Gasteiger charge is 2.17. The van der Waals surface area contributed by atoms with Crippen LogP contribution in [0.25, 0.3) is 6.08 Å². The third-order valence-electron chi connectivity index (χ3n) is 4.33. The average Bonchev–Trinajstić information content (AvgIpc) is 3.21. The van der Waals surface area contributed by atoms with Crippen LogP contribution in [0.2, 0.25) is 0 Å². The molecular formula is C23H21IN2O5. The van der Waals surface area contributed by atoms with E-state index in [1.807, 2.05) is 40.8 Å². The van der Waals surface area contributed by atoms with Gasteiger partial charge in [-0.1, -0.05) is 30.3 Å². The van der Waals surface area contributed by atoms with E-state index in [1.165, 1.54) is 13.2 Å². The van der Waals surface area contributed by atoms with Crippen LogP contribution in [0, 0.1) is 3.77 Å². The third-order valence-corrected chi connectivity index (χ3v) is 4.91. The summed E-state index contributed by atoms with van der Waals surface area (Å²) in [6, 6.07) is 17.5. The molecule has 3 aromatic rings. The Morgan fingerprint density at radius 3 is 2.42 bits per heavy atom. The van der Waals surface area contributed by atoms with Gasteiger partial charge in [-0.15, -0.1) is 0 Å². The Bertz CT molecular complexity index is 1090. The Balaban J connectivity index is 1.81. The molecule has 0 atom stereocenters. The summed E-state index contributed by atoms with van der Waals surface area (Å²) in [5.74, 6) is 0.668. The maximum atomic E-state index is 12.9. The number of carbonyl (C=O) groups is 2. The second kappa shape index (κ2) is 10.7. The SMILES string of the molecule is COc1cccc(CNC(=O)/C(=C\c2ccc(I)o2)NC(=O)c2ccccc2)c1OC. The highest BCUT2D eigenvalue weighted by Crippen LogP contribution is 2.30. The maximum Gasteiger partial charge on any atom is 0.268 e. The average molecular weight is 532 g/mol. The Kier molecular flexibility index (Phi) is 7.71. The molecule has 0 fully saturated rings. The molecule has 0 aliphatic carbocycles. The summed E-state index contributed by atoms with van der Waals surface area (Å²) in [4.78, 5) is 25.6. The lowest BCUT2D eigenvalue weighted by molar-refractivity contribution is -0.117. The van der Waals surface area contributed by atoms with Crippen LogP contribution in [0.3, 0.4) is 0 Å². The third kappa shape index (κ3) is 5.88. The van der Waals surface area contributed by atoms with E-state index in [-0.39, 0.29) is 12.2 Å². The van der Waals surface area contributed by atoms with Gasteiger partial charge in [0.15, 0.2) is 15.3 Å². The molecule has 31 heavy (non-hydrogen) atoms. The van der Waals surface area contributed by atoms with Crippen LogP contribution in [-0.2, 0) is 11.3 Å². The quantitative estimate of drug-likeness (QED) is 0.339. The van der Waals surface area contributed by atoms with Crippen LogP contribution in [-0.4, -0.2) is 26.0 Å². The predicted octanol–water partition coefficient (Wildman–Crippen LogP) is 3.99. The minimum Gasteiger partial charge on any atom is -0.493 e. The highest BCUT2D eigenvalue weighted by atomic mass is 127. The monoisotopic (exact) mass is 532 g/mol. The van der Waals surface area contributed by atoms with E-state index in [0.29, 0.717) is 26.6 Å². The number of para-hydroxylation sites is 1. The fraction of sp³-hybridized carbons (Fsp3) is 0.130.